The molecule has 0 radical (unpaired) electrons. The first-order valence-electron chi connectivity index (χ1n) is 5.12. The molecule has 0 aliphatic carbocycles. The van der Waals surface area contributed by atoms with Crippen LogP contribution in [0.3, 0.4) is 0 Å². The first-order chi connectivity index (χ1) is 7.04. The Labute approximate surface area is 93.1 Å². The number of ether oxygens (including phenoxy) is 1. The molecule has 0 unspecified atom stereocenters. The molecule has 0 heterocycles. The highest BCUT2D eigenvalue weighted by Crippen LogP contribution is 1.92. The summed E-state index contributed by atoms with van der Waals surface area (Å²) in [5.74, 6) is 0. The molecule has 0 amide bonds. The second-order valence-electron chi connectivity index (χ2n) is 3.56. The molecule has 3 nitrogen and oxygen atoms in total. The molecule has 90 valence electrons. The van der Waals surface area contributed by atoms with Gasteiger partial charge in [0.25, 0.3) is 0 Å². The maximum absolute atomic E-state index is 8.09. The second-order valence-corrected chi connectivity index (χ2v) is 3.56. The lowest BCUT2D eigenvalue weighted by molar-refractivity contribution is 0.180. The van der Waals surface area contributed by atoms with Gasteiger partial charge in [0.2, 0.25) is 0 Å². The fraction of sp³-hybridized carbons (Fsp3) is 0.667. The minimum atomic E-state index is 0.195. The van der Waals surface area contributed by atoms with Crippen molar-refractivity contribution in [2.24, 2.45) is 0 Å². The molecular weight excluding hydrogens is 192 g/mol. The second kappa shape index (κ2) is 13.4. The van der Waals surface area contributed by atoms with Gasteiger partial charge in [-0.25, -0.2) is 0 Å². The van der Waals surface area contributed by atoms with Gasteiger partial charge < -0.3 is 14.9 Å². The molecule has 0 saturated heterocycles. The van der Waals surface area contributed by atoms with Gasteiger partial charge in [0, 0.05) is 13.2 Å². The molecule has 0 saturated carbocycles. The zero-order valence-corrected chi connectivity index (χ0v) is 9.96. The van der Waals surface area contributed by atoms with Crippen molar-refractivity contribution < 1.29 is 14.9 Å². The summed E-state index contributed by atoms with van der Waals surface area (Å²) in [5.41, 5.74) is 2.10. The Morgan fingerprint density at radius 3 is 1.47 bits per heavy atom. The summed E-state index contributed by atoms with van der Waals surface area (Å²) in [6.45, 7) is 13.0. The van der Waals surface area contributed by atoms with E-state index in [4.69, 9.17) is 14.9 Å². The van der Waals surface area contributed by atoms with Gasteiger partial charge in [-0.15, -0.1) is 0 Å². The lowest BCUT2D eigenvalue weighted by atomic mass is 10.3. The van der Waals surface area contributed by atoms with E-state index < -0.39 is 0 Å². The van der Waals surface area contributed by atoms with Crippen molar-refractivity contribution in [3.63, 3.8) is 0 Å². The predicted octanol–water partition coefficient (Wildman–Crippen LogP) is 1.91. The molecule has 0 aromatic carbocycles. The normalized spacial score (nSPS) is 9.07. The van der Waals surface area contributed by atoms with Gasteiger partial charge in [-0.2, -0.15) is 0 Å². The minimum absolute atomic E-state index is 0.195. The molecule has 0 aromatic heterocycles. The zero-order chi connectivity index (χ0) is 12.1. The topological polar surface area (TPSA) is 49.7 Å². The fourth-order valence-electron chi connectivity index (χ4n) is 0.623. The summed E-state index contributed by atoms with van der Waals surface area (Å²) in [4.78, 5) is 0. The molecule has 2 N–H and O–H groups in total. The van der Waals surface area contributed by atoms with Crippen LogP contribution in [0.2, 0.25) is 0 Å². The Bertz CT molecular complexity index is 146. The highest BCUT2D eigenvalue weighted by molar-refractivity contribution is 4.91. The van der Waals surface area contributed by atoms with Crippen molar-refractivity contribution >= 4 is 0 Å². The molecule has 0 atom stereocenters. The van der Waals surface area contributed by atoms with E-state index in [1.54, 1.807) is 0 Å². The number of aliphatic hydroxyl groups is 2. The van der Waals surface area contributed by atoms with Crippen LogP contribution in [0.5, 0.6) is 0 Å². The van der Waals surface area contributed by atoms with E-state index in [2.05, 4.69) is 13.2 Å². The summed E-state index contributed by atoms with van der Waals surface area (Å²) >= 11 is 0. The molecule has 3 heteroatoms. The van der Waals surface area contributed by atoms with Gasteiger partial charge in [0.1, 0.15) is 0 Å². The lowest BCUT2D eigenvalue weighted by Gasteiger charge is -2.00. The average molecular weight is 216 g/mol. The van der Waals surface area contributed by atoms with Gasteiger partial charge in [-0.1, -0.05) is 24.3 Å². The molecule has 0 rings (SSSR count). The third-order valence-electron chi connectivity index (χ3n) is 1.26. The first kappa shape index (κ1) is 16.8. The summed E-state index contributed by atoms with van der Waals surface area (Å²) in [6.07, 6.45) is 1.44. The number of rotatable bonds is 7. The smallest absolute Gasteiger partial charge is 0.0675 e. The van der Waals surface area contributed by atoms with E-state index in [0.717, 1.165) is 24.0 Å². The van der Waals surface area contributed by atoms with E-state index in [1.165, 1.54) is 0 Å². The van der Waals surface area contributed by atoms with Crippen molar-refractivity contribution in [3.05, 3.63) is 24.3 Å². The number of aliphatic hydroxyl groups excluding tert-OH is 2. The Balaban J connectivity index is 0. The van der Waals surface area contributed by atoms with E-state index in [-0.39, 0.29) is 13.2 Å². The summed E-state index contributed by atoms with van der Waals surface area (Å²) in [7, 11) is 0. The number of hydrogen-bond acceptors (Lipinski definition) is 3. The Morgan fingerprint density at radius 1 is 0.933 bits per heavy atom. The standard InChI is InChI=1S/C8H14O.C4H10O2/c1-7(2)5-9-6-8(3)4;5-3-1-2-4-6/h1,3,5-6H2,2,4H3;5-6H,1-4H2. The predicted molar refractivity (Wildman–Crippen MR) is 63.9 cm³/mol. The summed E-state index contributed by atoms with van der Waals surface area (Å²) < 4.78 is 5.16. The van der Waals surface area contributed by atoms with Crippen LogP contribution in [0, 0.1) is 0 Å². The van der Waals surface area contributed by atoms with Crippen LogP contribution in [-0.2, 0) is 4.74 Å². The average Bonchev–Trinajstić information content (AvgIpc) is 2.14. The van der Waals surface area contributed by atoms with E-state index in [0.29, 0.717) is 13.2 Å². The van der Waals surface area contributed by atoms with Gasteiger partial charge >= 0.3 is 0 Å². The van der Waals surface area contributed by atoms with Crippen molar-refractivity contribution in [3.8, 4) is 0 Å². The van der Waals surface area contributed by atoms with Gasteiger partial charge in [0.05, 0.1) is 13.2 Å². The number of hydrogen-bond donors (Lipinski definition) is 2. The van der Waals surface area contributed by atoms with Crippen LogP contribution in [0.1, 0.15) is 26.7 Å². The van der Waals surface area contributed by atoms with Crippen LogP contribution in [0.4, 0.5) is 0 Å². The SMILES string of the molecule is C=C(C)COCC(=C)C.OCCCCO. The van der Waals surface area contributed by atoms with Crippen LogP contribution in [0.25, 0.3) is 0 Å². The Morgan fingerprint density at radius 2 is 1.27 bits per heavy atom. The molecule has 0 aliphatic rings. The van der Waals surface area contributed by atoms with E-state index in [1.807, 2.05) is 13.8 Å². The molecule has 0 fully saturated rings. The minimum Gasteiger partial charge on any atom is -0.396 e. The quantitative estimate of drug-likeness (QED) is 0.505. The maximum atomic E-state index is 8.09. The highest BCUT2D eigenvalue weighted by atomic mass is 16.5. The van der Waals surface area contributed by atoms with Crippen molar-refractivity contribution in [2.45, 2.75) is 26.7 Å². The fourth-order valence-corrected chi connectivity index (χ4v) is 0.623. The maximum Gasteiger partial charge on any atom is 0.0675 e. The third-order valence-corrected chi connectivity index (χ3v) is 1.26. The lowest BCUT2D eigenvalue weighted by Crippen LogP contribution is -1.96. The van der Waals surface area contributed by atoms with E-state index in [9.17, 15) is 0 Å². The molecule has 15 heavy (non-hydrogen) atoms. The highest BCUT2D eigenvalue weighted by Gasteiger charge is 1.86. The molecule has 0 bridgehead atoms. The summed E-state index contributed by atoms with van der Waals surface area (Å²) in [5, 5.41) is 16.2. The van der Waals surface area contributed by atoms with E-state index >= 15 is 0 Å². The Hall–Kier alpha value is -0.640. The Kier molecular flexibility index (Phi) is 14.9. The monoisotopic (exact) mass is 216 g/mol. The van der Waals surface area contributed by atoms with Crippen LogP contribution in [0.15, 0.2) is 24.3 Å². The number of unbranched alkanes of at least 4 members (excludes halogenated alkanes) is 1. The molecule has 0 aromatic rings. The zero-order valence-electron chi connectivity index (χ0n) is 9.96. The van der Waals surface area contributed by atoms with Crippen molar-refractivity contribution in [2.75, 3.05) is 26.4 Å². The first-order valence-corrected chi connectivity index (χ1v) is 5.12. The van der Waals surface area contributed by atoms with Crippen LogP contribution < -0.4 is 0 Å². The van der Waals surface area contributed by atoms with Crippen LogP contribution in [-0.4, -0.2) is 36.6 Å². The van der Waals surface area contributed by atoms with Gasteiger partial charge in [-0.05, 0) is 26.7 Å². The van der Waals surface area contributed by atoms with Gasteiger partial charge in [0.15, 0.2) is 0 Å². The molecule has 0 aliphatic heterocycles. The summed E-state index contributed by atoms with van der Waals surface area (Å²) in [6, 6.07) is 0. The van der Waals surface area contributed by atoms with Gasteiger partial charge in [-0.3, -0.25) is 0 Å². The van der Waals surface area contributed by atoms with Crippen molar-refractivity contribution in [1.82, 2.24) is 0 Å². The largest absolute Gasteiger partial charge is 0.396 e. The third kappa shape index (κ3) is 24.7. The van der Waals surface area contributed by atoms with Crippen LogP contribution >= 0.6 is 0 Å². The molecule has 0 spiro atoms. The molecular formula is C12H24O3. The van der Waals surface area contributed by atoms with Crippen molar-refractivity contribution in [1.29, 1.82) is 0 Å².